The van der Waals surface area contributed by atoms with Gasteiger partial charge in [-0.25, -0.2) is 19.2 Å². The lowest BCUT2D eigenvalue weighted by molar-refractivity contribution is -0.158. The van der Waals surface area contributed by atoms with Gasteiger partial charge in [-0.15, -0.1) is 0 Å². The molecule has 0 unspecified atom stereocenters. The molecule has 1 aromatic heterocycles. The van der Waals surface area contributed by atoms with Crippen molar-refractivity contribution in [2.75, 3.05) is 33.0 Å². The van der Waals surface area contributed by atoms with Crippen LogP contribution in [0, 0.1) is 5.92 Å². The molecule has 96 heavy (non-hydrogen) atoms. The first-order chi connectivity index (χ1) is 46.8. The van der Waals surface area contributed by atoms with Crippen LogP contribution in [0.3, 0.4) is 0 Å². The normalized spacial score (nSPS) is 13.3. The van der Waals surface area contributed by atoms with E-state index in [9.17, 15) is 43.2 Å². The summed E-state index contributed by atoms with van der Waals surface area (Å²) in [4.78, 5) is 122. The van der Waals surface area contributed by atoms with Crippen LogP contribution in [0.4, 0.5) is 4.79 Å². The van der Waals surface area contributed by atoms with Gasteiger partial charge in [0.2, 0.25) is 0 Å². The van der Waals surface area contributed by atoms with Crippen molar-refractivity contribution in [3.8, 4) is 0 Å². The monoisotopic (exact) mass is 1300 g/mol. The molecule has 7 aromatic carbocycles. The van der Waals surface area contributed by atoms with Crippen LogP contribution in [-0.2, 0) is 106 Å². The van der Waals surface area contributed by atoms with Crippen LogP contribution in [0.2, 0.25) is 0 Å². The first-order valence-corrected chi connectivity index (χ1v) is 32.7. The van der Waals surface area contributed by atoms with E-state index in [1.807, 2.05) is 120 Å². The van der Waals surface area contributed by atoms with Gasteiger partial charge in [-0.3, -0.25) is 33.9 Å². The number of unbranched alkanes of at least 4 members (excludes halogenated alkanes) is 3. The molecule has 500 valence electrons. The van der Waals surface area contributed by atoms with E-state index in [0.29, 0.717) is 32.5 Å². The SMILES string of the molecule is O=C(COC(=O)C1CCOCC1)Cc1ccc(CCCCc2ccccc2)cc1.O=C(Cc1ccc(CCCCc2ccccc2)cc1)NOC(=O)CN1C(=O)OC[C@@H]1c1ccccc1.O=C(Cc1ccc(CCCCc2ccccc2)cc1)NOC(=O)c1cc(=O)[nH]c(=O)[nH]1. The van der Waals surface area contributed by atoms with E-state index in [1.165, 1.54) is 44.7 Å². The summed E-state index contributed by atoms with van der Waals surface area (Å²) in [5.41, 5.74) is 13.5. The molecule has 2 aliphatic heterocycles. The number of rotatable bonds is 28. The molecule has 0 spiro atoms. The van der Waals surface area contributed by atoms with Crippen LogP contribution in [0.15, 0.2) is 210 Å². The third-order valence-corrected chi connectivity index (χ3v) is 16.2. The number of benzene rings is 7. The first kappa shape index (κ1) is 71.3. The molecule has 4 N–H and O–H groups in total. The molecule has 3 heterocycles. The average molecular weight is 1300 g/mol. The van der Waals surface area contributed by atoms with Crippen molar-refractivity contribution in [3.63, 3.8) is 0 Å². The number of H-pyrrole nitrogens is 2. The minimum Gasteiger partial charge on any atom is -0.457 e. The number of aromatic nitrogens is 2. The fraction of sp³-hybridized carbons (Fsp3) is 0.312. The highest BCUT2D eigenvalue weighted by atomic mass is 16.7. The smallest absolute Gasteiger partial charge is 0.411 e. The van der Waals surface area contributed by atoms with E-state index in [-0.39, 0.29) is 62.0 Å². The number of hydrogen-bond acceptors (Lipinski definition) is 14. The number of carbonyl (C=O) groups excluding carboxylic acids is 7. The van der Waals surface area contributed by atoms with E-state index in [1.54, 1.807) is 0 Å². The minimum absolute atomic E-state index is 0.0213. The number of ketones is 1. The minimum atomic E-state index is -1.04. The predicted molar refractivity (Wildman–Crippen MR) is 362 cm³/mol. The molecule has 10 rings (SSSR count). The number of carbonyl (C=O) groups is 7. The number of nitrogens with one attached hydrogen (secondary N) is 4. The van der Waals surface area contributed by atoms with Crippen LogP contribution in [0.5, 0.6) is 0 Å². The molecule has 19 heteroatoms. The highest BCUT2D eigenvalue weighted by Crippen LogP contribution is 2.27. The molecule has 0 bridgehead atoms. The lowest BCUT2D eigenvalue weighted by atomic mass is 10.0. The first-order valence-electron chi connectivity index (χ1n) is 32.7. The fourth-order valence-electron chi connectivity index (χ4n) is 10.9. The molecule has 8 aromatic rings. The third kappa shape index (κ3) is 25.8. The van der Waals surface area contributed by atoms with Crippen molar-refractivity contribution in [1.29, 1.82) is 0 Å². The lowest BCUT2D eigenvalue weighted by Crippen LogP contribution is -2.37. The van der Waals surface area contributed by atoms with Gasteiger partial charge in [-0.2, -0.15) is 11.0 Å². The number of ether oxygens (including phenoxy) is 3. The predicted octanol–water partition coefficient (Wildman–Crippen LogP) is 11.0. The van der Waals surface area contributed by atoms with Crippen molar-refractivity contribution >= 4 is 41.6 Å². The zero-order valence-electron chi connectivity index (χ0n) is 53.9. The van der Waals surface area contributed by atoms with Gasteiger partial charge < -0.3 is 28.9 Å². The van der Waals surface area contributed by atoms with E-state index >= 15 is 0 Å². The molecule has 1 atom stereocenters. The van der Waals surface area contributed by atoms with Gasteiger partial charge in [-0.1, -0.05) is 194 Å². The summed E-state index contributed by atoms with van der Waals surface area (Å²) in [5, 5.41) is 0. The van der Waals surface area contributed by atoms with E-state index in [4.69, 9.17) is 19.0 Å². The Morgan fingerprint density at radius 3 is 1.30 bits per heavy atom. The number of aryl methyl sites for hydroxylation is 6. The molecule has 3 amide bonds. The van der Waals surface area contributed by atoms with E-state index in [0.717, 1.165) is 98.9 Å². The molecular formula is C77H83N5O14. The zero-order chi connectivity index (χ0) is 67.5. The molecule has 0 radical (unpaired) electrons. The quantitative estimate of drug-likeness (QED) is 0.0154. The van der Waals surface area contributed by atoms with Crippen LogP contribution < -0.4 is 22.2 Å². The second kappa shape index (κ2) is 39.2. The van der Waals surface area contributed by atoms with E-state index < -0.39 is 41.1 Å². The van der Waals surface area contributed by atoms with Gasteiger partial charge in [-0.05, 0) is 146 Å². The Balaban J connectivity index is 0.000000185. The Morgan fingerprint density at radius 1 is 0.469 bits per heavy atom. The Kier molecular flexibility index (Phi) is 29.2. The zero-order valence-corrected chi connectivity index (χ0v) is 53.9. The largest absolute Gasteiger partial charge is 0.457 e. The molecule has 19 nitrogen and oxygen atoms in total. The second-order valence-electron chi connectivity index (χ2n) is 23.6. The maximum Gasteiger partial charge on any atom is 0.411 e. The van der Waals surface area contributed by atoms with E-state index in [2.05, 4.69) is 100 Å². The molecular weight excluding hydrogens is 1220 g/mol. The summed E-state index contributed by atoms with van der Waals surface area (Å²) < 4.78 is 15.5. The summed E-state index contributed by atoms with van der Waals surface area (Å²) in [6.07, 6.45) is 14.1. The van der Waals surface area contributed by atoms with Gasteiger partial charge in [0.1, 0.15) is 25.5 Å². The Hall–Kier alpha value is -10.5. The second-order valence-corrected chi connectivity index (χ2v) is 23.6. The Bertz CT molecular complexity index is 3810. The fourth-order valence-corrected chi connectivity index (χ4v) is 10.9. The Morgan fingerprint density at radius 2 is 0.865 bits per heavy atom. The Labute approximate surface area is 558 Å². The van der Waals surface area contributed by atoms with Crippen LogP contribution in [0.25, 0.3) is 0 Å². The highest BCUT2D eigenvalue weighted by molar-refractivity contribution is 5.88. The summed E-state index contributed by atoms with van der Waals surface area (Å²) in [6, 6.07) is 65.0. The van der Waals surface area contributed by atoms with Gasteiger partial charge in [0.25, 0.3) is 17.4 Å². The van der Waals surface area contributed by atoms with Gasteiger partial charge >= 0.3 is 29.7 Å². The van der Waals surface area contributed by atoms with Crippen LogP contribution in [-0.4, -0.2) is 89.4 Å². The number of hydrogen-bond donors (Lipinski definition) is 4. The van der Waals surface area contributed by atoms with Crippen molar-refractivity contribution in [3.05, 3.63) is 282 Å². The number of aromatic amines is 2. The van der Waals surface area contributed by atoms with Crippen molar-refractivity contribution < 1.29 is 57.4 Å². The maximum atomic E-state index is 12.3. The molecule has 2 saturated heterocycles. The van der Waals surface area contributed by atoms with Gasteiger partial charge in [0, 0.05) is 25.7 Å². The summed E-state index contributed by atoms with van der Waals surface area (Å²) in [6.45, 7) is 0.874. The van der Waals surface area contributed by atoms with Crippen molar-refractivity contribution in [2.24, 2.45) is 5.92 Å². The van der Waals surface area contributed by atoms with Crippen LogP contribution in [0.1, 0.15) is 124 Å². The number of hydroxylamine groups is 2. The number of Topliss-reactive ketones (excluding diaryl/α,β-unsaturated/α-hetero) is 1. The number of amides is 3. The summed E-state index contributed by atoms with van der Waals surface area (Å²) in [7, 11) is 0. The van der Waals surface area contributed by atoms with Gasteiger partial charge in [0.15, 0.2) is 5.78 Å². The summed E-state index contributed by atoms with van der Waals surface area (Å²) >= 11 is 0. The van der Waals surface area contributed by atoms with Crippen molar-refractivity contribution in [2.45, 2.75) is 115 Å². The number of esters is 1. The van der Waals surface area contributed by atoms with Crippen molar-refractivity contribution in [1.82, 2.24) is 25.8 Å². The molecule has 0 aliphatic carbocycles. The lowest BCUT2D eigenvalue weighted by Gasteiger charge is -2.20. The van der Waals surface area contributed by atoms with Crippen LogP contribution >= 0.6 is 0 Å². The summed E-state index contributed by atoms with van der Waals surface area (Å²) in [5.74, 6) is -3.22. The number of cyclic esters (lactones) is 1. The third-order valence-electron chi connectivity index (χ3n) is 16.2. The standard InChI is InChI=1S/C29H30N2O5.C25H30O4.C23H23N3O5/c32-27(19-24-17-15-23(16-18-24)12-8-7-11-22-9-3-1-4-10-22)30-36-28(33)20-31-26(21-35-29(31)34)25-13-5-2-6-14-25;26-24(19-29-25(27)23-14-16-28-17-15-23)18-22-12-10-21(11-13-22)9-5-4-8-20-6-2-1-3-7-20;27-20-15-19(24-23(30)25-20)22(29)31-26-21(28)14-18-12-10-17(11-13-18)9-5-4-8-16-6-2-1-3-7-16/h1-6,9-10,13-18,26H,7-8,11-12,19-21H2,(H,30,32);1-3,6-7,10-13,23H,4-5,8-9,14-19H2;1-3,6-7,10-13,15H,4-5,8-9,14H2,(H,26,28)(H2,24,25,27,30)/t26-;;/m1../s1. The topological polar surface area (TPSA) is 259 Å². The maximum absolute atomic E-state index is 12.3. The average Bonchev–Trinajstić information content (AvgIpc) is 1.75. The molecule has 0 saturated carbocycles. The van der Waals surface area contributed by atoms with Gasteiger partial charge in [0.05, 0.1) is 24.8 Å². The highest BCUT2D eigenvalue weighted by Gasteiger charge is 2.36. The molecule has 2 fully saturated rings. The number of nitrogens with zero attached hydrogens (tertiary/aromatic N) is 1. The molecule has 2 aliphatic rings.